The van der Waals surface area contributed by atoms with Gasteiger partial charge in [0.15, 0.2) is 0 Å². The summed E-state index contributed by atoms with van der Waals surface area (Å²) in [6.45, 7) is 26.9. The van der Waals surface area contributed by atoms with Gasteiger partial charge in [0.05, 0.1) is 43.8 Å². The van der Waals surface area contributed by atoms with E-state index in [1.165, 1.54) is 111 Å². The molecule has 1 unspecified atom stereocenters. The van der Waals surface area contributed by atoms with Crippen LogP contribution in [0.5, 0.6) is 0 Å². The smallest absolute Gasteiger partial charge is 0.192 e. The first kappa shape index (κ1) is 29.8. The van der Waals surface area contributed by atoms with Gasteiger partial charge in [-0.2, -0.15) is 9.13 Å². The van der Waals surface area contributed by atoms with Crippen molar-refractivity contribution in [2.45, 2.75) is 89.0 Å². The summed E-state index contributed by atoms with van der Waals surface area (Å²) in [4.78, 5) is 23.2. The number of aliphatic imine (C=N–C) groups is 2. The lowest BCUT2D eigenvalue weighted by Crippen LogP contribution is -2.71. The minimum Gasteiger partial charge on any atom is -0.192 e. The van der Waals surface area contributed by atoms with Gasteiger partial charge >= 0.3 is 5.91 Å². The van der Waals surface area contributed by atoms with E-state index in [2.05, 4.69) is 126 Å². The van der Waals surface area contributed by atoms with Gasteiger partial charge in [-0.25, -0.2) is 0 Å². The number of aryl methyl sites for hydroxylation is 10. The second-order valence-corrected chi connectivity index (χ2v) is 16.5. The molecule has 1 spiro atoms. The molecule has 2 aromatic heterocycles. The quantitative estimate of drug-likeness (QED) is 0.149. The van der Waals surface area contributed by atoms with Crippen molar-refractivity contribution in [3.8, 4) is 0 Å². The topological polar surface area (TPSA) is 65.3 Å². The van der Waals surface area contributed by atoms with E-state index in [1.54, 1.807) is 0 Å². The Morgan fingerprint density at radius 3 is 1.49 bits per heavy atom. The van der Waals surface area contributed by atoms with Crippen LogP contribution in [0, 0.1) is 83.1 Å². The zero-order valence-corrected chi connectivity index (χ0v) is 32.4. The van der Waals surface area contributed by atoms with Crippen LogP contribution in [0.25, 0.3) is 21.5 Å². The van der Waals surface area contributed by atoms with E-state index >= 15 is 0 Å². The van der Waals surface area contributed by atoms with Crippen molar-refractivity contribution < 1.29 is 9.15 Å². The lowest BCUT2D eigenvalue weighted by molar-refractivity contribution is -0.790. The fourth-order valence-electron chi connectivity index (χ4n) is 10.9. The molecule has 0 bridgehead atoms. The Bertz CT molecular complexity index is 3280. The minimum absolute atomic E-state index is 0.942. The summed E-state index contributed by atoms with van der Waals surface area (Å²) in [6.07, 6.45) is 0. The summed E-state index contributed by atoms with van der Waals surface area (Å²) in [5.41, 5.74) is 21.4. The maximum absolute atomic E-state index is 5.80. The van der Waals surface area contributed by atoms with Crippen LogP contribution in [0.15, 0.2) is 44.2 Å². The van der Waals surface area contributed by atoms with Crippen LogP contribution in [0.1, 0.15) is 89.0 Å². The molecular formula is C45H40N8+2. The number of benzene rings is 4. The summed E-state index contributed by atoms with van der Waals surface area (Å²) >= 11 is 0. The summed E-state index contributed by atoms with van der Waals surface area (Å²) in [7, 11) is 0. The molecule has 6 aliphatic rings. The lowest BCUT2D eigenvalue weighted by atomic mass is 9.93. The molecule has 8 heteroatoms. The van der Waals surface area contributed by atoms with Crippen LogP contribution >= 0.6 is 0 Å². The Morgan fingerprint density at radius 1 is 0.396 bits per heavy atom. The van der Waals surface area contributed by atoms with Crippen LogP contribution < -0.4 is 11.0 Å². The van der Waals surface area contributed by atoms with Gasteiger partial charge in [-0.15, -0.1) is 9.15 Å². The number of hydrogen-bond donors (Lipinski definition) is 0. The highest BCUT2D eigenvalue weighted by Gasteiger charge is 2.70. The van der Waals surface area contributed by atoms with Crippen LogP contribution in [-0.4, -0.2) is 41.6 Å². The van der Waals surface area contributed by atoms with E-state index < -0.39 is 5.91 Å². The molecule has 8 heterocycles. The number of nitrogens with zero attached hydrogens (tertiary/aromatic N) is 8. The zero-order valence-electron chi connectivity index (χ0n) is 32.4. The van der Waals surface area contributed by atoms with E-state index in [-0.39, 0.29) is 0 Å². The maximum Gasteiger partial charge on any atom is 0.404 e. The largest absolute Gasteiger partial charge is 0.404 e. The predicted molar refractivity (Wildman–Crippen MR) is 210 cm³/mol. The first-order chi connectivity index (χ1) is 25.3. The van der Waals surface area contributed by atoms with E-state index in [0.717, 1.165) is 46.0 Å². The second kappa shape index (κ2) is 8.71. The average molecular weight is 693 g/mol. The molecule has 12 rings (SSSR count). The summed E-state index contributed by atoms with van der Waals surface area (Å²) < 4.78 is 9.85. The van der Waals surface area contributed by atoms with Gasteiger partial charge in [0, 0.05) is 0 Å². The second-order valence-electron chi connectivity index (χ2n) is 16.5. The fraction of sp³-hybridized carbons (Fsp3) is 0.289. The molecule has 8 nitrogen and oxygen atoms in total. The van der Waals surface area contributed by atoms with E-state index in [4.69, 9.17) is 20.0 Å². The molecule has 0 saturated carbocycles. The van der Waals surface area contributed by atoms with Gasteiger partial charge in [0.1, 0.15) is 0 Å². The Morgan fingerprint density at radius 2 is 0.849 bits per heavy atom. The average Bonchev–Trinajstić information content (AvgIpc) is 3.83. The van der Waals surface area contributed by atoms with Crippen molar-refractivity contribution in [1.29, 1.82) is 0 Å². The normalized spacial score (nSPS) is 19.0. The molecule has 0 fully saturated rings. The molecule has 258 valence electrons. The van der Waals surface area contributed by atoms with Crippen LogP contribution in [0.4, 0.5) is 11.6 Å². The Labute approximate surface area is 307 Å². The van der Waals surface area contributed by atoms with E-state index in [9.17, 15) is 0 Å². The molecule has 0 amide bonds. The monoisotopic (exact) mass is 692 g/mol. The van der Waals surface area contributed by atoms with Crippen molar-refractivity contribution >= 4 is 56.5 Å². The van der Waals surface area contributed by atoms with Crippen molar-refractivity contribution in [3.63, 3.8) is 0 Å². The highest BCUT2D eigenvalue weighted by Crippen LogP contribution is 2.55. The molecule has 4 aromatic carbocycles. The standard InChI is InChI=1S/C45H40N8/c1-17-13-21(5)29-33(25(17)9)41-48-42-34-26(10)18(2)14-22(6)30(34)39-47-40-32-24(8)16-20(4)28(12)36(32)44-49-43-35-27(11)19(3)15-23(7)31(35)38-46-37(29)50(41)45(51(39)42,52(38)43)53(40)44/h13-16H,1-12H3/q+2. The van der Waals surface area contributed by atoms with Crippen LogP contribution in [-0.2, 0) is 5.91 Å². The Balaban J connectivity index is 1.46. The van der Waals surface area contributed by atoms with Crippen molar-refractivity contribution in [3.05, 3.63) is 124 Å². The van der Waals surface area contributed by atoms with Crippen molar-refractivity contribution in [1.82, 2.24) is 9.13 Å². The highest BCUT2D eigenvalue weighted by molar-refractivity contribution is 6.22. The molecule has 6 aliphatic heterocycles. The molecule has 0 radical (unpaired) electrons. The van der Waals surface area contributed by atoms with Gasteiger partial charge < -0.3 is 0 Å². The molecule has 0 N–H and O–H groups in total. The fourth-order valence-corrected chi connectivity index (χ4v) is 10.9. The molecule has 1 atom stereocenters. The van der Waals surface area contributed by atoms with Gasteiger partial charge in [-0.05, 0) is 150 Å². The van der Waals surface area contributed by atoms with Gasteiger partial charge in [0.25, 0.3) is 23.3 Å². The van der Waals surface area contributed by atoms with Gasteiger partial charge in [0.2, 0.25) is 22.6 Å². The predicted octanol–water partition coefficient (Wildman–Crippen LogP) is 7.41. The molecule has 0 aliphatic carbocycles. The molecular weight excluding hydrogens is 653 g/mol. The zero-order chi connectivity index (χ0) is 36.6. The third-order valence-electron chi connectivity index (χ3n) is 13.7. The summed E-state index contributed by atoms with van der Waals surface area (Å²) in [5.74, 6) is 4.66. The van der Waals surface area contributed by atoms with Gasteiger partial charge in [-0.1, -0.05) is 44.2 Å². The number of rotatable bonds is 0. The number of amidine groups is 4. The first-order valence-electron chi connectivity index (χ1n) is 18.8. The lowest BCUT2D eigenvalue weighted by Gasteiger charge is -2.40. The first-order valence-corrected chi connectivity index (χ1v) is 18.8. The maximum atomic E-state index is 5.80. The Hall–Kier alpha value is -5.76. The summed E-state index contributed by atoms with van der Waals surface area (Å²) in [6, 6.07) is 9.29. The number of aromatic nitrogens is 2. The molecule has 53 heavy (non-hydrogen) atoms. The third-order valence-corrected chi connectivity index (χ3v) is 13.7. The van der Waals surface area contributed by atoms with Crippen molar-refractivity contribution in [2.24, 2.45) is 20.0 Å². The SMILES string of the molecule is Cc1cc(C)c2c(c1C)C1=Nc3c4c(C)c(C)cc(C)c4c4n3C35n6c(c7c(C)cc(C)c(C)c7c6=NC6=[N+]3C(=N4)c3c(C)cc(C)c(C)c36)=NC2=[N+]15. The third kappa shape index (κ3) is 2.85. The highest BCUT2D eigenvalue weighted by atomic mass is 15.7. The van der Waals surface area contributed by atoms with Crippen LogP contribution in [0.2, 0.25) is 0 Å². The van der Waals surface area contributed by atoms with Crippen LogP contribution in [0.3, 0.4) is 0 Å². The molecule has 0 saturated heterocycles. The minimum atomic E-state index is -1.01. The van der Waals surface area contributed by atoms with E-state index in [1.807, 2.05) is 0 Å². The van der Waals surface area contributed by atoms with Gasteiger partial charge in [-0.3, -0.25) is 0 Å². The Kier molecular flexibility index (Phi) is 4.89. The summed E-state index contributed by atoms with van der Waals surface area (Å²) in [5, 5.41) is 4.68. The van der Waals surface area contributed by atoms with E-state index in [0.29, 0.717) is 0 Å². The number of fused-ring (bicyclic) bond motifs is 12. The molecule has 6 aromatic rings. The number of hydrogen-bond acceptors (Lipinski definition) is 4. The van der Waals surface area contributed by atoms with Crippen molar-refractivity contribution in [2.75, 3.05) is 0 Å².